The predicted molar refractivity (Wildman–Crippen MR) is 91.4 cm³/mol. The van der Waals surface area contributed by atoms with Crippen LogP contribution < -0.4 is 14.8 Å². The van der Waals surface area contributed by atoms with Crippen LogP contribution in [0, 0.1) is 10.5 Å². The molecular weight excluding hydrogens is 381 g/mol. The fourth-order valence-electron chi connectivity index (χ4n) is 1.89. The Kier molecular flexibility index (Phi) is 5.06. The summed E-state index contributed by atoms with van der Waals surface area (Å²) < 4.78 is 11.4. The zero-order chi connectivity index (χ0) is 15.4. The number of aryl methyl sites for hydroxylation is 1. The number of carbonyl (C=O) groups excluding carboxylic acids is 1. The standard InChI is InChI=1S/C16H16INO3/c1-10-4-6-12(7-5-10)18-16(19)11-8-13(17)15(21-3)14(9-11)20-2/h4-9H,1-3H3,(H,18,19). The van der Waals surface area contributed by atoms with Gasteiger partial charge < -0.3 is 14.8 Å². The number of benzene rings is 2. The van der Waals surface area contributed by atoms with Gasteiger partial charge >= 0.3 is 0 Å². The molecule has 0 radical (unpaired) electrons. The molecule has 0 atom stereocenters. The highest BCUT2D eigenvalue weighted by molar-refractivity contribution is 14.1. The first-order chi connectivity index (χ1) is 10.0. The molecule has 2 aromatic carbocycles. The van der Waals surface area contributed by atoms with Gasteiger partial charge in [-0.05, 0) is 53.8 Å². The highest BCUT2D eigenvalue weighted by Crippen LogP contribution is 2.33. The van der Waals surface area contributed by atoms with Crippen LogP contribution in [0.1, 0.15) is 15.9 Å². The number of hydrogen-bond donors (Lipinski definition) is 1. The number of nitrogens with one attached hydrogen (secondary N) is 1. The molecule has 1 amide bonds. The first-order valence-corrected chi connectivity index (χ1v) is 7.42. The maximum Gasteiger partial charge on any atom is 0.255 e. The van der Waals surface area contributed by atoms with Crippen molar-refractivity contribution >= 4 is 34.2 Å². The molecule has 0 aliphatic carbocycles. The monoisotopic (exact) mass is 397 g/mol. The quantitative estimate of drug-likeness (QED) is 0.797. The van der Waals surface area contributed by atoms with E-state index in [-0.39, 0.29) is 5.91 Å². The van der Waals surface area contributed by atoms with Gasteiger partial charge in [-0.15, -0.1) is 0 Å². The summed E-state index contributed by atoms with van der Waals surface area (Å²) in [5, 5.41) is 2.86. The third kappa shape index (κ3) is 3.66. The van der Waals surface area contributed by atoms with Gasteiger partial charge in [-0.2, -0.15) is 0 Å². The second-order valence-electron chi connectivity index (χ2n) is 4.51. The minimum absolute atomic E-state index is 0.183. The fourth-order valence-corrected chi connectivity index (χ4v) is 2.71. The molecule has 0 heterocycles. The Hall–Kier alpha value is -1.76. The van der Waals surface area contributed by atoms with Crippen molar-refractivity contribution in [1.29, 1.82) is 0 Å². The molecule has 2 aromatic rings. The lowest BCUT2D eigenvalue weighted by atomic mass is 10.1. The summed E-state index contributed by atoms with van der Waals surface area (Å²) in [6, 6.07) is 11.1. The van der Waals surface area contributed by atoms with E-state index in [9.17, 15) is 4.79 Å². The molecule has 0 aromatic heterocycles. The first-order valence-electron chi connectivity index (χ1n) is 6.34. The second-order valence-corrected chi connectivity index (χ2v) is 5.68. The molecule has 2 rings (SSSR count). The van der Waals surface area contributed by atoms with Gasteiger partial charge in [-0.25, -0.2) is 0 Å². The van der Waals surface area contributed by atoms with Gasteiger partial charge in [0, 0.05) is 11.3 Å². The van der Waals surface area contributed by atoms with Gasteiger partial charge in [0.2, 0.25) is 0 Å². The average molecular weight is 397 g/mol. The van der Waals surface area contributed by atoms with Crippen molar-refractivity contribution < 1.29 is 14.3 Å². The van der Waals surface area contributed by atoms with Crippen LogP contribution in [0.15, 0.2) is 36.4 Å². The van der Waals surface area contributed by atoms with Crippen molar-refractivity contribution in [2.45, 2.75) is 6.92 Å². The Bertz CT molecular complexity index is 653. The highest BCUT2D eigenvalue weighted by atomic mass is 127. The van der Waals surface area contributed by atoms with Crippen molar-refractivity contribution in [2.75, 3.05) is 19.5 Å². The number of methoxy groups -OCH3 is 2. The summed E-state index contributed by atoms with van der Waals surface area (Å²) >= 11 is 2.12. The highest BCUT2D eigenvalue weighted by Gasteiger charge is 2.15. The number of hydrogen-bond acceptors (Lipinski definition) is 3. The molecular formula is C16H16INO3. The summed E-state index contributed by atoms with van der Waals surface area (Å²) in [7, 11) is 3.13. The van der Waals surface area contributed by atoms with E-state index in [1.54, 1.807) is 26.4 Å². The van der Waals surface area contributed by atoms with E-state index < -0.39 is 0 Å². The van der Waals surface area contributed by atoms with Crippen LogP contribution in [0.25, 0.3) is 0 Å². The van der Waals surface area contributed by atoms with Gasteiger partial charge in [0.25, 0.3) is 5.91 Å². The third-order valence-corrected chi connectivity index (χ3v) is 3.81. The maximum absolute atomic E-state index is 12.3. The largest absolute Gasteiger partial charge is 0.493 e. The molecule has 0 fully saturated rings. The molecule has 0 saturated heterocycles. The Labute approximate surface area is 137 Å². The van der Waals surface area contributed by atoms with E-state index in [0.717, 1.165) is 14.8 Å². The Morgan fingerprint density at radius 1 is 1.10 bits per heavy atom. The van der Waals surface area contributed by atoms with Crippen LogP contribution in [0.4, 0.5) is 5.69 Å². The summed E-state index contributed by atoms with van der Waals surface area (Å²) in [6.07, 6.45) is 0. The maximum atomic E-state index is 12.3. The SMILES string of the molecule is COc1cc(C(=O)Nc2ccc(C)cc2)cc(I)c1OC. The lowest BCUT2D eigenvalue weighted by Gasteiger charge is -2.12. The van der Waals surface area contributed by atoms with Crippen LogP contribution in [0.5, 0.6) is 11.5 Å². The minimum Gasteiger partial charge on any atom is -0.493 e. The number of ether oxygens (including phenoxy) is 2. The third-order valence-electron chi connectivity index (χ3n) is 3.01. The number of rotatable bonds is 4. The van der Waals surface area contributed by atoms with Crippen molar-refractivity contribution in [3.8, 4) is 11.5 Å². The smallest absolute Gasteiger partial charge is 0.255 e. The fraction of sp³-hybridized carbons (Fsp3) is 0.188. The molecule has 0 aliphatic heterocycles. The molecule has 110 valence electrons. The summed E-state index contributed by atoms with van der Waals surface area (Å²) in [6.45, 7) is 2.00. The molecule has 1 N–H and O–H groups in total. The molecule has 0 saturated carbocycles. The molecule has 0 aliphatic rings. The second kappa shape index (κ2) is 6.80. The normalized spacial score (nSPS) is 10.1. The van der Waals surface area contributed by atoms with Gasteiger partial charge in [-0.1, -0.05) is 17.7 Å². The average Bonchev–Trinajstić information content (AvgIpc) is 2.48. The van der Waals surface area contributed by atoms with E-state index in [0.29, 0.717) is 17.1 Å². The van der Waals surface area contributed by atoms with Crippen molar-refractivity contribution in [2.24, 2.45) is 0 Å². The molecule has 0 spiro atoms. The molecule has 21 heavy (non-hydrogen) atoms. The number of anilines is 1. The summed E-state index contributed by atoms with van der Waals surface area (Å²) in [5.41, 5.74) is 2.43. The lowest BCUT2D eigenvalue weighted by Crippen LogP contribution is -2.12. The molecule has 0 unspecified atom stereocenters. The van der Waals surface area contributed by atoms with Gasteiger partial charge in [-0.3, -0.25) is 4.79 Å². The minimum atomic E-state index is -0.183. The van der Waals surface area contributed by atoms with Crippen LogP contribution in [0.3, 0.4) is 0 Å². The van der Waals surface area contributed by atoms with Crippen LogP contribution in [-0.2, 0) is 0 Å². The molecule has 5 heteroatoms. The Morgan fingerprint density at radius 3 is 2.33 bits per heavy atom. The van der Waals surface area contributed by atoms with Gasteiger partial charge in [0.05, 0.1) is 17.8 Å². The zero-order valence-corrected chi connectivity index (χ0v) is 14.2. The van der Waals surface area contributed by atoms with Crippen molar-refractivity contribution in [3.63, 3.8) is 0 Å². The van der Waals surface area contributed by atoms with Gasteiger partial charge in [0.15, 0.2) is 11.5 Å². The van der Waals surface area contributed by atoms with Crippen molar-refractivity contribution in [1.82, 2.24) is 0 Å². The van der Waals surface area contributed by atoms with E-state index in [1.165, 1.54) is 0 Å². The van der Waals surface area contributed by atoms with Crippen molar-refractivity contribution in [3.05, 3.63) is 51.1 Å². The van der Waals surface area contributed by atoms with E-state index >= 15 is 0 Å². The number of halogens is 1. The first kappa shape index (κ1) is 15.6. The summed E-state index contributed by atoms with van der Waals surface area (Å²) in [5.74, 6) is 0.987. The lowest BCUT2D eigenvalue weighted by molar-refractivity contribution is 0.102. The zero-order valence-electron chi connectivity index (χ0n) is 12.1. The summed E-state index contributed by atoms with van der Waals surface area (Å²) in [4.78, 5) is 12.3. The van der Waals surface area contributed by atoms with E-state index in [1.807, 2.05) is 31.2 Å². The van der Waals surface area contributed by atoms with Crippen LogP contribution in [-0.4, -0.2) is 20.1 Å². The van der Waals surface area contributed by atoms with E-state index in [2.05, 4.69) is 27.9 Å². The van der Waals surface area contributed by atoms with E-state index in [4.69, 9.17) is 9.47 Å². The Morgan fingerprint density at radius 2 is 1.76 bits per heavy atom. The topological polar surface area (TPSA) is 47.6 Å². The number of carbonyl (C=O) groups is 1. The molecule has 0 bridgehead atoms. The molecule has 4 nitrogen and oxygen atoms in total. The Balaban J connectivity index is 2.27. The number of amides is 1. The van der Waals surface area contributed by atoms with Gasteiger partial charge in [0.1, 0.15) is 0 Å². The predicted octanol–water partition coefficient (Wildman–Crippen LogP) is 3.87. The van der Waals surface area contributed by atoms with Crippen LogP contribution in [0.2, 0.25) is 0 Å². The van der Waals surface area contributed by atoms with Crippen LogP contribution >= 0.6 is 22.6 Å².